The summed E-state index contributed by atoms with van der Waals surface area (Å²) in [6.45, 7) is 2.08. The van der Waals surface area contributed by atoms with E-state index < -0.39 is 25.0 Å². The van der Waals surface area contributed by atoms with Gasteiger partial charge in [-0.05, 0) is 37.1 Å². The standard InChI is InChI=1S/C19H26N3O8P/c1-13(9-14-5-7-16(8-6-14)30-12-31(26,27)28)21-10-15(23)11-29-18-4-2-3-17(19(18)20)22(24)25/h2-8,13,15,21,23H,9-12,20H2,1H3,(H2,26,27,28). The molecule has 0 spiro atoms. The fourth-order valence-corrected chi connectivity index (χ4v) is 3.02. The number of nitro groups is 1. The van der Waals surface area contributed by atoms with Crippen molar-refractivity contribution in [2.45, 2.75) is 25.5 Å². The van der Waals surface area contributed by atoms with Crippen molar-refractivity contribution in [3.05, 3.63) is 58.1 Å². The molecule has 0 aliphatic heterocycles. The van der Waals surface area contributed by atoms with E-state index in [4.69, 9.17) is 25.0 Å². The van der Waals surface area contributed by atoms with Crippen LogP contribution in [0.15, 0.2) is 42.5 Å². The number of nitrogens with one attached hydrogen (secondary N) is 1. The molecule has 2 aromatic rings. The van der Waals surface area contributed by atoms with Gasteiger partial charge < -0.3 is 35.4 Å². The third-order valence-electron chi connectivity index (χ3n) is 4.24. The van der Waals surface area contributed by atoms with E-state index >= 15 is 0 Å². The summed E-state index contributed by atoms with van der Waals surface area (Å²) in [6, 6.07) is 11.1. The highest BCUT2D eigenvalue weighted by Crippen LogP contribution is 2.34. The van der Waals surface area contributed by atoms with Crippen LogP contribution in [0.2, 0.25) is 0 Å². The maximum absolute atomic E-state index is 10.9. The molecule has 0 radical (unpaired) electrons. The molecule has 170 valence electrons. The summed E-state index contributed by atoms with van der Waals surface area (Å²) < 4.78 is 21.3. The fourth-order valence-electron chi connectivity index (χ4n) is 2.71. The van der Waals surface area contributed by atoms with E-state index in [-0.39, 0.29) is 36.3 Å². The summed E-state index contributed by atoms with van der Waals surface area (Å²) in [6.07, 6.45) is -0.888. The number of anilines is 1. The van der Waals surface area contributed by atoms with Gasteiger partial charge in [-0.1, -0.05) is 18.2 Å². The normalized spacial score (nSPS) is 13.4. The number of nitrogens with two attached hydrogens (primary N) is 1. The number of hydrogen-bond acceptors (Lipinski definition) is 8. The first-order valence-electron chi connectivity index (χ1n) is 9.38. The summed E-state index contributed by atoms with van der Waals surface area (Å²) >= 11 is 0. The molecule has 2 atom stereocenters. The molecule has 0 aliphatic rings. The minimum Gasteiger partial charge on any atom is -0.488 e. The van der Waals surface area contributed by atoms with Crippen molar-refractivity contribution in [3.8, 4) is 11.5 Å². The van der Waals surface area contributed by atoms with Crippen LogP contribution < -0.4 is 20.5 Å². The summed E-state index contributed by atoms with van der Waals surface area (Å²) in [5, 5.41) is 24.2. The topological polar surface area (TPSA) is 177 Å². The molecule has 2 aromatic carbocycles. The van der Waals surface area contributed by atoms with E-state index in [0.29, 0.717) is 12.2 Å². The Hall–Kier alpha value is -2.69. The Balaban J connectivity index is 1.76. The minimum atomic E-state index is -4.22. The highest BCUT2D eigenvalue weighted by atomic mass is 31.2. The van der Waals surface area contributed by atoms with Gasteiger partial charge >= 0.3 is 7.60 Å². The minimum absolute atomic E-state index is 0.0133. The summed E-state index contributed by atoms with van der Waals surface area (Å²) in [4.78, 5) is 27.9. The third-order valence-corrected chi connectivity index (χ3v) is 4.70. The lowest BCUT2D eigenvalue weighted by atomic mass is 10.1. The van der Waals surface area contributed by atoms with E-state index in [1.165, 1.54) is 18.2 Å². The Labute approximate surface area is 179 Å². The van der Waals surface area contributed by atoms with Crippen LogP contribution in [0.3, 0.4) is 0 Å². The second-order valence-electron chi connectivity index (χ2n) is 7.01. The first-order chi connectivity index (χ1) is 14.5. The van der Waals surface area contributed by atoms with Crippen molar-refractivity contribution in [3.63, 3.8) is 0 Å². The molecule has 2 rings (SSSR count). The van der Waals surface area contributed by atoms with Gasteiger partial charge in [0, 0.05) is 18.7 Å². The third kappa shape index (κ3) is 8.52. The number of aliphatic hydroxyl groups excluding tert-OH is 1. The van der Waals surface area contributed by atoms with Crippen LogP contribution >= 0.6 is 7.60 Å². The Kier molecular flexibility index (Phi) is 8.78. The number of benzene rings is 2. The van der Waals surface area contributed by atoms with Gasteiger partial charge in [0.1, 0.15) is 24.2 Å². The molecule has 0 bridgehead atoms. The van der Waals surface area contributed by atoms with Gasteiger partial charge in [0.05, 0.1) is 4.92 Å². The molecule has 0 fully saturated rings. The van der Waals surface area contributed by atoms with Crippen LogP contribution in [0.4, 0.5) is 11.4 Å². The largest absolute Gasteiger partial charge is 0.488 e. The molecule has 0 heterocycles. The van der Waals surface area contributed by atoms with Crippen LogP contribution in [0.1, 0.15) is 12.5 Å². The van der Waals surface area contributed by atoms with Crippen molar-refractivity contribution >= 4 is 19.0 Å². The van der Waals surface area contributed by atoms with Crippen molar-refractivity contribution in [1.29, 1.82) is 0 Å². The van der Waals surface area contributed by atoms with Crippen LogP contribution in [0.5, 0.6) is 11.5 Å². The van der Waals surface area contributed by atoms with E-state index in [1.54, 1.807) is 24.3 Å². The maximum atomic E-state index is 10.9. The van der Waals surface area contributed by atoms with Crippen LogP contribution in [-0.4, -0.2) is 51.5 Å². The number of para-hydroxylation sites is 1. The number of nitrogen functional groups attached to an aromatic ring is 1. The van der Waals surface area contributed by atoms with Crippen LogP contribution in [0.25, 0.3) is 0 Å². The van der Waals surface area contributed by atoms with E-state index in [0.717, 1.165) is 5.56 Å². The lowest BCUT2D eigenvalue weighted by molar-refractivity contribution is -0.384. The molecule has 0 aliphatic carbocycles. The average Bonchev–Trinajstić information content (AvgIpc) is 2.70. The molecule has 0 saturated heterocycles. The zero-order valence-electron chi connectivity index (χ0n) is 16.9. The monoisotopic (exact) mass is 455 g/mol. The summed E-state index contributed by atoms with van der Waals surface area (Å²) in [7, 11) is -4.22. The quantitative estimate of drug-likeness (QED) is 0.137. The molecule has 11 nitrogen and oxygen atoms in total. The maximum Gasteiger partial charge on any atom is 0.362 e. The molecule has 6 N–H and O–H groups in total. The zero-order valence-corrected chi connectivity index (χ0v) is 17.8. The number of ether oxygens (including phenoxy) is 2. The average molecular weight is 455 g/mol. The van der Waals surface area contributed by atoms with Gasteiger partial charge in [-0.15, -0.1) is 0 Å². The van der Waals surface area contributed by atoms with Gasteiger partial charge in [0.25, 0.3) is 5.69 Å². The van der Waals surface area contributed by atoms with Gasteiger partial charge in [0.2, 0.25) is 0 Å². The van der Waals surface area contributed by atoms with Gasteiger partial charge in [-0.3, -0.25) is 14.7 Å². The zero-order chi connectivity index (χ0) is 23.0. The molecule has 0 amide bonds. The molecule has 12 heteroatoms. The lowest BCUT2D eigenvalue weighted by Crippen LogP contribution is -2.37. The number of hydrogen-bond donors (Lipinski definition) is 5. The first kappa shape index (κ1) is 24.6. The Morgan fingerprint density at radius 2 is 1.87 bits per heavy atom. The number of aliphatic hydroxyl groups is 1. The molecule has 2 unspecified atom stereocenters. The van der Waals surface area contributed by atoms with Crippen LogP contribution in [0, 0.1) is 10.1 Å². The second kappa shape index (κ2) is 11.1. The molecule has 0 aromatic heterocycles. The molecular weight excluding hydrogens is 429 g/mol. The lowest BCUT2D eigenvalue weighted by Gasteiger charge is -2.18. The predicted octanol–water partition coefficient (Wildman–Crippen LogP) is 1.65. The van der Waals surface area contributed by atoms with Gasteiger partial charge in [0.15, 0.2) is 12.0 Å². The highest BCUT2D eigenvalue weighted by Gasteiger charge is 2.17. The van der Waals surface area contributed by atoms with E-state index in [2.05, 4.69) is 5.32 Å². The molecule has 0 saturated carbocycles. The number of rotatable bonds is 12. The van der Waals surface area contributed by atoms with E-state index in [1.807, 2.05) is 6.92 Å². The molecular formula is C19H26N3O8P. The first-order valence-corrected chi connectivity index (χ1v) is 11.2. The number of nitrogens with zero attached hydrogens (tertiary/aromatic N) is 1. The smallest absolute Gasteiger partial charge is 0.362 e. The van der Waals surface area contributed by atoms with Crippen molar-refractivity contribution in [2.75, 3.05) is 25.2 Å². The van der Waals surface area contributed by atoms with Crippen molar-refractivity contribution in [2.24, 2.45) is 0 Å². The van der Waals surface area contributed by atoms with E-state index in [9.17, 15) is 19.8 Å². The highest BCUT2D eigenvalue weighted by molar-refractivity contribution is 7.51. The fraction of sp³-hybridized carbons (Fsp3) is 0.368. The second-order valence-corrected chi connectivity index (χ2v) is 8.59. The summed E-state index contributed by atoms with van der Waals surface area (Å²) in [5.41, 5.74) is 6.35. The Bertz CT molecular complexity index is 919. The van der Waals surface area contributed by atoms with Crippen molar-refractivity contribution in [1.82, 2.24) is 5.32 Å². The summed E-state index contributed by atoms with van der Waals surface area (Å²) in [5.74, 6) is 0.503. The SMILES string of the molecule is CC(Cc1ccc(OCP(=O)(O)O)cc1)NCC(O)COc1cccc([N+](=O)[O-])c1N. The Morgan fingerprint density at radius 3 is 2.48 bits per heavy atom. The Morgan fingerprint density at radius 1 is 1.19 bits per heavy atom. The van der Waals surface area contributed by atoms with Crippen LogP contribution in [-0.2, 0) is 11.0 Å². The number of nitro benzene ring substituents is 1. The van der Waals surface area contributed by atoms with Crippen molar-refractivity contribution < 1.29 is 33.9 Å². The van der Waals surface area contributed by atoms with Gasteiger partial charge in [-0.2, -0.15) is 0 Å². The van der Waals surface area contributed by atoms with Gasteiger partial charge in [-0.25, -0.2) is 0 Å². The predicted molar refractivity (Wildman–Crippen MR) is 114 cm³/mol. The molecule has 31 heavy (non-hydrogen) atoms.